The van der Waals surface area contributed by atoms with E-state index in [0.29, 0.717) is 23.3 Å². The Bertz CT molecular complexity index is 598. The van der Waals surface area contributed by atoms with E-state index >= 15 is 0 Å². The molecule has 0 fully saturated rings. The Morgan fingerprint density at radius 2 is 2.36 bits per heavy atom. The number of fused-ring (bicyclic) bond motifs is 2. The highest BCUT2D eigenvalue weighted by Crippen LogP contribution is 2.20. The van der Waals surface area contributed by atoms with Crippen molar-refractivity contribution in [3.63, 3.8) is 0 Å². The minimum atomic E-state index is 0.0411. The number of pyridine rings is 2. The van der Waals surface area contributed by atoms with Gasteiger partial charge < -0.3 is 4.98 Å². The van der Waals surface area contributed by atoms with Crippen LogP contribution in [0.4, 0.5) is 5.82 Å². The van der Waals surface area contributed by atoms with Gasteiger partial charge in [0.1, 0.15) is 11.5 Å². The summed E-state index contributed by atoms with van der Waals surface area (Å²) >= 11 is 0. The Morgan fingerprint density at radius 3 is 3.29 bits per heavy atom. The van der Waals surface area contributed by atoms with Gasteiger partial charge in [-0.05, 0) is 12.1 Å². The molecule has 0 spiro atoms. The molecule has 2 aromatic rings. The van der Waals surface area contributed by atoms with Crippen LogP contribution >= 0.6 is 0 Å². The van der Waals surface area contributed by atoms with Crippen molar-refractivity contribution in [1.29, 1.82) is 0 Å². The third-order valence-electron chi connectivity index (χ3n) is 2.36. The average Bonchev–Trinajstić information content (AvgIpc) is 2.66. The summed E-state index contributed by atoms with van der Waals surface area (Å²) in [4.78, 5) is 23.1. The molecule has 4 heteroatoms. The first-order valence-corrected chi connectivity index (χ1v) is 4.38. The largest absolute Gasteiger partial charge is 0.324 e. The first-order chi connectivity index (χ1) is 6.86. The molecule has 14 heavy (non-hydrogen) atoms. The normalized spacial score (nSPS) is 13.4. The lowest BCUT2D eigenvalue weighted by Gasteiger charge is -2.00. The van der Waals surface area contributed by atoms with Gasteiger partial charge >= 0.3 is 0 Å². The van der Waals surface area contributed by atoms with Crippen LogP contribution < -0.4 is 5.43 Å². The van der Waals surface area contributed by atoms with Gasteiger partial charge in [-0.1, -0.05) is 0 Å². The molecule has 0 radical (unpaired) electrons. The highest BCUT2D eigenvalue weighted by atomic mass is 16.1. The molecule has 0 aliphatic carbocycles. The van der Waals surface area contributed by atoms with E-state index in [2.05, 4.69) is 15.0 Å². The maximum Gasteiger partial charge on any atom is 0.196 e. The molecule has 0 saturated heterocycles. The summed E-state index contributed by atoms with van der Waals surface area (Å²) in [6, 6.07) is 3.54. The molecule has 0 saturated carbocycles. The number of hydrogen-bond acceptors (Lipinski definition) is 3. The summed E-state index contributed by atoms with van der Waals surface area (Å²) in [5, 5.41) is 0.636. The van der Waals surface area contributed by atoms with Crippen LogP contribution in [0.15, 0.2) is 28.1 Å². The first-order valence-electron chi connectivity index (χ1n) is 4.38. The van der Waals surface area contributed by atoms with E-state index in [1.54, 1.807) is 24.5 Å². The van der Waals surface area contributed by atoms with Crippen molar-refractivity contribution in [2.45, 2.75) is 6.42 Å². The van der Waals surface area contributed by atoms with Crippen molar-refractivity contribution in [2.75, 3.05) is 0 Å². The molecule has 1 N–H and O–H groups in total. The Hall–Kier alpha value is -1.97. The topological polar surface area (TPSA) is 58.1 Å². The molecule has 4 nitrogen and oxygen atoms in total. The SMILES string of the molecule is O=c1c2c([nH]c3ncccc13)N=CC2. The second kappa shape index (κ2) is 2.51. The highest BCUT2D eigenvalue weighted by Gasteiger charge is 2.13. The van der Waals surface area contributed by atoms with E-state index in [1.165, 1.54) is 0 Å². The molecule has 2 aromatic heterocycles. The van der Waals surface area contributed by atoms with E-state index in [0.717, 1.165) is 5.56 Å². The summed E-state index contributed by atoms with van der Waals surface area (Å²) in [7, 11) is 0. The smallest absolute Gasteiger partial charge is 0.196 e. The van der Waals surface area contributed by atoms with E-state index in [9.17, 15) is 4.79 Å². The Labute approximate surface area is 79.3 Å². The van der Waals surface area contributed by atoms with Gasteiger partial charge in [-0.15, -0.1) is 0 Å². The number of rotatable bonds is 0. The van der Waals surface area contributed by atoms with Gasteiger partial charge in [0.25, 0.3) is 0 Å². The molecular weight excluding hydrogens is 178 g/mol. The maximum absolute atomic E-state index is 11.9. The van der Waals surface area contributed by atoms with Crippen LogP contribution in [0, 0.1) is 0 Å². The minimum Gasteiger partial charge on any atom is -0.324 e. The zero-order chi connectivity index (χ0) is 9.54. The van der Waals surface area contributed by atoms with Crippen LogP contribution in [-0.2, 0) is 6.42 Å². The van der Waals surface area contributed by atoms with Crippen molar-refractivity contribution in [1.82, 2.24) is 9.97 Å². The van der Waals surface area contributed by atoms with Crippen molar-refractivity contribution in [3.8, 4) is 0 Å². The molecule has 0 atom stereocenters. The zero-order valence-corrected chi connectivity index (χ0v) is 7.32. The molecular formula is C10H7N3O. The lowest BCUT2D eigenvalue weighted by atomic mass is 10.1. The Kier molecular flexibility index (Phi) is 1.33. The third-order valence-corrected chi connectivity index (χ3v) is 2.36. The van der Waals surface area contributed by atoms with Gasteiger partial charge in [-0.2, -0.15) is 0 Å². The van der Waals surface area contributed by atoms with E-state index in [-0.39, 0.29) is 5.43 Å². The molecule has 0 bridgehead atoms. The second-order valence-corrected chi connectivity index (χ2v) is 3.20. The molecule has 68 valence electrons. The number of nitrogens with one attached hydrogen (secondary N) is 1. The van der Waals surface area contributed by atoms with Gasteiger partial charge in [0.2, 0.25) is 0 Å². The van der Waals surface area contributed by atoms with Crippen LogP contribution in [0.3, 0.4) is 0 Å². The van der Waals surface area contributed by atoms with Gasteiger partial charge in [-0.25, -0.2) is 9.98 Å². The third kappa shape index (κ3) is 0.849. The Balaban J connectivity index is 2.54. The highest BCUT2D eigenvalue weighted by molar-refractivity contribution is 5.82. The van der Waals surface area contributed by atoms with Crippen molar-refractivity contribution < 1.29 is 0 Å². The number of hydrogen-bond donors (Lipinski definition) is 1. The fourth-order valence-electron chi connectivity index (χ4n) is 1.67. The number of H-pyrrole nitrogens is 1. The van der Waals surface area contributed by atoms with Crippen LogP contribution in [0.1, 0.15) is 5.56 Å². The summed E-state index contributed by atoms with van der Waals surface area (Å²) in [5.41, 5.74) is 1.39. The second-order valence-electron chi connectivity index (χ2n) is 3.20. The van der Waals surface area contributed by atoms with Crippen LogP contribution in [0.5, 0.6) is 0 Å². The lowest BCUT2D eigenvalue weighted by molar-refractivity contribution is 1.22. The monoisotopic (exact) mass is 185 g/mol. The minimum absolute atomic E-state index is 0.0411. The van der Waals surface area contributed by atoms with Crippen molar-refractivity contribution in [3.05, 3.63) is 34.1 Å². The maximum atomic E-state index is 11.9. The molecule has 1 aliphatic rings. The molecule has 3 rings (SSSR count). The quantitative estimate of drug-likeness (QED) is 0.670. The number of aromatic amines is 1. The van der Waals surface area contributed by atoms with E-state index in [1.807, 2.05) is 0 Å². The van der Waals surface area contributed by atoms with Gasteiger partial charge in [0.05, 0.1) is 5.39 Å². The predicted octanol–water partition coefficient (Wildman–Crippen LogP) is 1.18. The van der Waals surface area contributed by atoms with Crippen molar-refractivity contribution in [2.24, 2.45) is 4.99 Å². The summed E-state index contributed by atoms with van der Waals surface area (Å²) < 4.78 is 0. The average molecular weight is 185 g/mol. The summed E-state index contributed by atoms with van der Waals surface area (Å²) in [6.07, 6.45) is 4.01. The predicted molar refractivity (Wildman–Crippen MR) is 54.2 cm³/mol. The molecule has 0 amide bonds. The van der Waals surface area contributed by atoms with Gasteiger partial charge in [0, 0.05) is 24.4 Å². The zero-order valence-electron chi connectivity index (χ0n) is 7.32. The fourth-order valence-corrected chi connectivity index (χ4v) is 1.67. The van der Waals surface area contributed by atoms with Crippen LogP contribution in [0.25, 0.3) is 11.0 Å². The van der Waals surface area contributed by atoms with E-state index < -0.39 is 0 Å². The molecule has 1 aliphatic heterocycles. The van der Waals surface area contributed by atoms with Crippen LogP contribution in [0.2, 0.25) is 0 Å². The fraction of sp³-hybridized carbons (Fsp3) is 0.100. The lowest BCUT2D eigenvalue weighted by Crippen LogP contribution is -2.09. The van der Waals surface area contributed by atoms with Gasteiger partial charge in [0.15, 0.2) is 5.43 Å². The van der Waals surface area contributed by atoms with Gasteiger partial charge in [-0.3, -0.25) is 4.79 Å². The standard InChI is InChI=1S/C10H7N3O/c14-8-6-2-1-4-11-9(6)13-10-7(8)3-5-12-10/h1-2,4-5H,3H2,(H,11,13,14). The Morgan fingerprint density at radius 1 is 1.43 bits per heavy atom. The van der Waals surface area contributed by atoms with E-state index in [4.69, 9.17) is 0 Å². The number of aromatic nitrogens is 2. The molecule has 0 aromatic carbocycles. The first kappa shape index (κ1) is 7.44. The van der Waals surface area contributed by atoms with Crippen LogP contribution in [-0.4, -0.2) is 16.2 Å². The van der Waals surface area contributed by atoms with Crippen molar-refractivity contribution >= 4 is 23.1 Å². The number of aliphatic imine (C=N–C) groups is 1. The summed E-state index contributed by atoms with van der Waals surface area (Å²) in [5.74, 6) is 0.654. The summed E-state index contributed by atoms with van der Waals surface area (Å²) in [6.45, 7) is 0. The number of nitrogens with zero attached hydrogens (tertiary/aromatic N) is 2. The molecule has 3 heterocycles. The molecule has 0 unspecified atom stereocenters.